The predicted molar refractivity (Wildman–Crippen MR) is 75.6 cm³/mol. The average molecular weight is 254 g/mol. The number of rotatable bonds is 5. The molecule has 0 heterocycles. The summed E-state index contributed by atoms with van der Waals surface area (Å²) in [5.74, 6) is 0. The van der Waals surface area contributed by atoms with Crippen LogP contribution in [-0.4, -0.2) is 32.3 Å². The van der Waals surface area contributed by atoms with Crippen LogP contribution in [-0.2, 0) is 4.74 Å². The first-order valence-electron chi connectivity index (χ1n) is 7.76. The van der Waals surface area contributed by atoms with Crippen molar-refractivity contribution in [3.63, 3.8) is 0 Å². The Balaban J connectivity index is 1.85. The van der Waals surface area contributed by atoms with E-state index in [1.807, 2.05) is 7.11 Å². The molecule has 2 rings (SSSR count). The van der Waals surface area contributed by atoms with Crippen LogP contribution in [0.2, 0.25) is 0 Å². The molecule has 2 fully saturated rings. The third-order valence-electron chi connectivity index (χ3n) is 5.09. The van der Waals surface area contributed by atoms with E-state index in [0.29, 0.717) is 17.6 Å². The topological polar surface area (TPSA) is 47.3 Å². The van der Waals surface area contributed by atoms with Crippen LogP contribution in [0.4, 0.5) is 0 Å². The fourth-order valence-electron chi connectivity index (χ4n) is 3.72. The third kappa shape index (κ3) is 3.46. The number of ether oxygens (including phenoxy) is 1. The molecular formula is C15H30N2O. The van der Waals surface area contributed by atoms with Crippen molar-refractivity contribution in [1.82, 2.24) is 5.32 Å². The van der Waals surface area contributed by atoms with Crippen LogP contribution >= 0.6 is 0 Å². The zero-order valence-electron chi connectivity index (χ0n) is 11.9. The zero-order valence-corrected chi connectivity index (χ0v) is 11.9. The van der Waals surface area contributed by atoms with Crippen LogP contribution in [0.3, 0.4) is 0 Å². The molecule has 0 aliphatic heterocycles. The molecule has 0 amide bonds. The van der Waals surface area contributed by atoms with Crippen molar-refractivity contribution in [3.05, 3.63) is 0 Å². The average Bonchev–Trinajstić information content (AvgIpc) is 2.73. The molecule has 0 aromatic heterocycles. The molecule has 2 unspecified atom stereocenters. The monoisotopic (exact) mass is 254 g/mol. The number of hydrogen-bond acceptors (Lipinski definition) is 3. The van der Waals surface area contributed by atoms with Crippen LogP contribution < -0.4 is 11.1 Å². The van der Waals surface area contributed by atoms with Gasteiger partial charge in [0.25, 0.3) is 0 Å². The van der Waals surface area contributed by atoms with E-state index < -0.39 is 0 Å². The van der Waals surface area contributed by atoms with Crippen molar-refractivity contribution in [2.45, 2.75) is 69.9 Å². The highest BCUT2D eigenvalue weighted by molar-refractivity contribution is 4.90. The Morgan fingerprint density at radius 1 is 1.11 bits per heavy atom. The highest BCUT2D eigenvalue weighted by Gasteiger charge is 2.33. The summed E-state index contributed by atoms with van der Waals surface area (Å²) in [7, 11) is 1.84. The van der Waals surface area contributed by atoms with Gasteiger partial charge in [0.2, 0.25) is 0 Å². The summed E-state index contributed by atoms with van der Waals surface area (Å²) < 4.78 is 5.56. The smallest absolute Gasteiger partial charge is 0.0724 e. The van der Waals surface area contributed by atoms with Crippen LogP contribution in [0.5, 0.6) is 0 Å². The second kappa shape index (κ2) is 6.88. The Hall–Kier alpha value is -0.120. The first-order valence-corrected chi connectivity index (χ1v) is 7.76. The summed E-state index contributed by atoms with van der Waals surface area (Å²) in [4.78, 5) is 0. The molecule has 0 saturated heterocycles. The van der Waals surface area contributed by atoms with Crippen LogP contribution in [0, 0.1) is 5.41 Å². The number of methoxy groups -OCH3 is 1. The molecule has 0 spiro atoms. The predicted octanol–water partition coefficient (Wildman–Crippen LogP) is 2.44. The van der Waals surface area contributed by atoms with E-state index in [4.69, 9.17) is 10.5 Å². The Bertz CT molecular complexity index is 237. The van der Waals surface area contributed by atoms with Crippen molar-refractivity contribution in [2.75, 3.05) is 20.2 Å². The van der Waals surface area contributed by atoms with Gasteiger partial charge in [0.1, 0.15) is 0 Å². The van der Waals surface area contributed by atoms with E-state index in [2.05, 4.69) is 5.32 Å². The van der Waals surface area contributed by atoms with Crippen LogP contribution in [0.1, 0.15) is 57.8 Å². The number of nitrogens with one attached hydrogen (secondary N) is 1. The van der Waals surface area contributed by atoms with E-state index in [9.17, 15) is 0 Å². The van der Waals surface area contributed by atoms with Gasteiger partial charge in [0.05, 0.1) is 6.10 Å². The standard InChI is InChI=1S/C15H30N2O/c1-18-14-8-6-7-13(14)17-12-15(11-16)9-4-2-3-5-10-15/h13-14,17H,2-12,16H2,1H3. The number of nitrogens with two attached hydrogens (primary N) is 1. The molecule has 3 heteroatoms. The Labute approximate surface area is 112 Å². The summed E-state index contributed by atoms with van der Waals surface area (Å²) in [6.07, 6.45) is 12.3. The Kier molecular flexibility index (Phi) is 5.46. The Morgan fingerprint density at radius 3 is 2.44 bits per heavy atom. The minimum absolute atomic E-state index is 0.359. The molecule has 3 nitrogen and oxygen atoms in total. The lowest BCUT2D eigenvalue weighted by Gasteiger charge is -2.34. The second-order valence-electron chi connectivity index (χ2n) is 6.31. The van der Waals surface area contributed by atoms with E-state index in [1.54, 1.807) is 0 Å². The Morgan fingerprint density at radius 2 is 1.83 bits per heavy atom. The highest BCUT2D eigenvalue weighted by Crippen LogP contribution is 2.34. The van der Waals surface area contributed by atoms with Crippen molar-refractivity contribution in [2.24, 2.45) is 11.1 Å². The summed E-state index contributed by atoms with van der Waals surface area (Å²) >= 11 is 0. The fraction of sp³-hybridized carbons (Fsp3) is 1.00. The van der Waals surface area contributed by atoms with Gasteiger partial charge in [-0.3, -0.25) is 0 Å². The van der Waals surface area contributed by atoms with E-state index in [-0.39, 0.29) is 0 Å². The minimum Gasteiger partial charge on any atom is -0.380 e. The van der Waals surface area contributed by atoms with Gasteiger partial charge in [-0.25, -0.2) is 0 Å². The molecule has 2 aliphatic carbocycles. The van der Waals surface area contributed by atoms with Crippen LogP contribution in [0.15, 0.2) is 0 Å². The van der Waals surface area contributed by atoms with Gasteiger partial charge < -0.3 is 15.8 Å². The maximum Gasteiger partial charge on any atom is 0.0724 e. The van der Waals surface area contributed by atoms with E-state index in [1.165, 1.54) is 57.8 Å². The summed E-state index contributed by atoms with van der Waals surface area (Å²) in [5, 5.41) is 3.77. The first kappa shape index (κ1) is 14.3. The van der Waals surface area contributed by atoms with Gasteiger partial charge in [-0.2, -0.15) is 0 Å². The van der Waals surface area contributed by atoms with Gasteiger partial charge in [0, 0.05) is 19.7 Å². The molecule has 2 aliphatic rings. The molecule has 0 radical (unpaired) electrons. The molecule has 2 saturated carbocycles. The van der Waals surface area contributed by atoms with Crippen molar-refractivity contribution in [3.8, 4) is 0 Å². The molecular weight excluding hydrogens is 224 g/mol. The van der Waals surface area contributed by atoms with Crippen molar-refractivity contribution < 1.29 is 4.74 Å². The number of hydrogen-bond donors (Lipinski definition) is 2. The molecule has 0 aromatic carbocycles. The first-order chi connectivity index (χ1) is 8.79. The van der Waals surface area contributed by atoms with Crippen molar-refractivity contribution >= 4 is 0 Å². The van der Waals surface area contributed by atoms with Gasteiger partial charge >= 0.3 is 0 Å². The largest absolute Gasteiger partial charge is 0.380 e. The van der Waals surface area contributed by atoms with Gasteiger partial charge in [-0.05, 0) is 44.1 Å². The molecule has 18 heavy (non-hydrogen) atoms. The van der Waals surface area contributed by atoms with E-state index >= 15 is 0 Å². The highest BCUT2D eigenvalue weighted by atomic mass is 16.5. The van der Waals surface area contributed by atoms with Gasteiger partial charge in [-0.15, -0.1) is 0 Å². The minimum atomic E-state index is 0.359. The van der Waals surface area contributed by atoms with Gasteiger partial charge in [0.15, 0.2) is 0 Å². The third-order valence-corrected chi connectivity index (χ3v) is 5.09. The lowest BCUT2D eigenvalue weighted by Crippen LogP contribution is -2.46. The lowest BCUT2D eigenvalue weighted by atomic mass is 9.80. The molecule has 2 atom stereocenters. The zero-order chi connectivity index (χ0) is 12.8. The second-order valence-corrected chi connectivity index (χ2v) is 6.31. The lowest BCUT2D eigenvalue weighted by molar-refractivity contribution is 0.0791. The summed E-state index contributed by atoms with van der Waals surface area (Å²) in [6.45, 7) is 1.93. The van der Waals surface area contributed by atoms with E-state index in [0.717, 1.165) is 13.1 Å². The summed E-state index contributed by atoms with van der Waals surface area (Å²) in [6, 6.07) is 0.557. The summed E-state index contributed by atoms with van der Waals surface area (Å²) in [5.41, 5.74) is 6.45. The molecule has 0 bridgehead atoms. The molecule has 0 aromatic rings. The maximum absolute atomic E-state index is 6.09. The molecule has 106 valence electrons. The van der Waals surface area contributed by atoms with Crippen LogP contribution in [0.25, 0.3) is 0 Å². The van der Waals surface area contributed by atoms with Crippen molar-refractivity contribution in [1.29, 1.82) is 0 Å². The molecule has 3 N–H and O–H groups in total. The normalized spacial score (nSPS) is 32.3. The fourth-order valence-corrected chi connectivity index (χ4v) is 3.72. The quantitative estimate of drug-likeness (QED) is 0.741. The maximum atomic E-state index is 6.09. The van der Waals surface area contributed by atoms with Gasteiger partial charge in [-0.1, -0.05) is 25.7 Å². The SMILES string of the molecule is COC1CCCC1NCC1(CN)CCCCCC1.